The van der Waals surface area contributed by atoms with Gasteiger partial charge in [0.05, 0.1) is 18.5 Å². The van der Waals surface area contributed by atoms with Crippen LogP contribution in [-0.2, 0) is 14.3 Å². The first-order valence-electron chi connectivity index (χ1n) is 11.1. The largest absolute Gasteiger partial charge is 0.503 e. The third-order valence-corrected chi connectivity index (χ3v) is 6.68. The van der Waals surface area contributed by atoms with Crippen LogP contribution in [0.25, 0.3) is 0 Å². The molecule has 37 heavy (non-hydrogen) atoms. The number of likely N-dealkylation sites (tertiary alicyclic amines) is 1. The van der Waals surface area contributed by atoms with Crippen LogP contribution in [0, 0.1) is 17.5 Å². The van der Waals surface area contributed by atoms with Crippen LogP contribution in [0.2, 0.25) is 0 Å². The molecular weight excluding hydrogens is 515 g/mol. The van der Waals surface area contributed by atoms with Crippen LogP contribution in [0.15, 0.2) is 53.5 Å². The first kappa shape index (κ1) is 26.4. The van der Waals surface area contributed by atoms with Gasteiger partial charge in [-0.15, -0.1) is 0 Å². The van der Waals surface area contributed by atoms with Crippen LogP contribution >= 0.6 is 0 Å². The number of nitrogens with one attached hydrogen (secondary N) is 1. The number of benzene rings is 2. The molecule has 2 aromatic carbocycles. The summed E-state index contributed by atoms with van der Waals surface area (Å²) in [5.74, 6) is -6.29. The quantitative estimate of drug-likeness (QED) is 0.444. The van der Waals surface area contributed by atoms with E-state index < -0.39 is 68.4 Å². The second-order valence-corrected chi connectivity index (χ2v) is 10.2. The summed E-state index contributed by atoms with van der Waals surface area (Å²) in [7, 11) is -4.25. The Morgan fingerprint density at radius 1 is 1.22 bits per heavy atom. The van der Waals surface area contributed by atoms with Gasteiger partial charge in [-0.05, 0) is 36.6 Å². The van der Waals surface area contributed by atoms with Crippen LogP contribution in [0.5, 0.6) is 5.75 Å². The number of carbonyl (C=O) groups excluding carboxylic acids is 1. The van der Waals surface area contributed by atoms with Crippen LogP contribution in [0.4, 0.5) is 13.2 Å². The minimum absolute atomic E-state index is 0.0470. The van der Waals surface area contributed by atoms with Gasteiger partial charge < -0.3 is 10.0 Å². The monoisotopic (exact) mass is 537 g/mol. The van der Waals surface area contributed by atoms with E-state index in [2.05, 4.69) is 10.2 Å². The minimum atomic E-state index is -4.25. The van der Waals surface area contributed by atoms with Crippen molar-refractivity contribution >= 4 is 16.0 Å². The highest BCUT2D eigenvalue weighted by atomic mass is 32.2. The zero-order chi connectivity index (χ0) is 26.9. The summed E-state index contributed by atoms with van der Waals surface area (Å²) in [5, 5.41) is 15.6. The molecule has 0 spiro atoms. The van der Waals surface area contributed by atoms with Gasteiger partial charge in [0.1, 0.15) is 11.9 Å². The summed E-state index contributed by atoms with van der Waals surface area (Å²) in [5.41, 5.74) is -1.94. The first-order valence-corrected chi connectivity index (χ1v) is 12.9. The highest BCUT2D eigenvalue weighted by molar-refractivity contribution is 7.86. The molecule has 4 rings (SSSR count). The number of H-pyrrole nitrogens is 1. The number of hydrogen-bond acceptors (Lipinski definition) is 7. The fraction of sp³-hybridized carbons (Fsp3) is 0.292. The van der Waals surface area contributed by atoms with Crippen LogP contribution in [-0.4, -0.2) is 59.5 Å². The molecule has 0 radical (unpaired) electrons. The van der Waals surface area contributed by atoms with Gasteiger partial charge in [-0.1, -0.05) is 24.3 Å². The van der Waals surface area contributed by atoms with Crippen molar-refractivity contribution in [3.63, 3.8) is 0 Å². The van der Waals surface area contributed by atoms with Gasteiger partial charge in [-0.25, -0.2) is 13.2 Å². The molecule has 0 unspecified atom stereocenters. The smallest absolute Gasteiger partial charge is 0.278 e. The Kier molecular flexibility index (Phi) is 7.37. The van der Waals surface area contributed by atoms with Gasteiger partial charge in [-0.3, -0.25) is 18.9 Å². The summed E-state index contributed by atoms with van der Waals surface area (Å²) in [6, 6.07) is 7.11. The van der Waals surface area contributed by atoms with Crippen molar-refractivity contribution in [1.29, 1.82) is 0 Å². The lowest BCUT2D eigenvalue weighted by Gasteiger charge is -2.36. The maximum absolute atomic E-state index is 15.1. The van der Waals surface area contributed by atoms with E-state index in [4.69, 9.17) is 4.18 Å². The average Bonchev–Trinajstić information content (AvgIpc) is 3.32. The fourth-order valence-corrected chi connectivity index (χ4v) is 5.26. The lowest BCUT2D eigenvalue weighted by atomic mass is 9.82. The molecule has 1 amide bonds. The normalized spacial score (nSPS) is 17.5. The third-order valence-electron chi connectivity index (χ3n) is 6.11. The van der Waals surface area contributed by atoms with Crippen LogP contribution < -0.4 is 5.43 Å². The molecule has 2 N–H and O–H groups in total. The Balaban J connectivity index is 1.89. The number of carbonyl (C=O) groups is 1. The molecule has 3 aromatic rings. The molecule has 1 saturated heterocycles. The average molecular weight is 538 g/mol. The third kappa shape index (κ3) is 5.52. The standard InChI is InChI=1S/C24H22F3N3O6S/c1-37(34,35)36-23(17-9-4-10-30(17)24(33)21-22(32)18(31)12-28-29-21)19(13-5-2-6-14(25)11-13)15-7-3-8-16(26)20(15)27/h2-3,5-8,11-12,17,19,23H,4,9-10H2,1H3,(H,28,32)(H,29,31)/t17-,19-,23+/m1/s1. The Morgan fingerprint density at radius 3 is 2.65 bits per heavy atom. The second kappa shape index (κ2) is 10.3. The van der Waals surface area contributed by atoms with Gasteiger partial charge >= 0.3 is 0 Å². The molecule has 1 aliphatic rings. The van der Waals surface area contributed by atoms with E-state index in [0.29, 0.717) is 6.42 Å². The number of hydrogen-bond donors (Lipinski definition) is 2. The number of halogens is 3. The highest BCUT2D eigenvalue weighted by Gasteiger charge is 2.44. The minimum Gasteiger partial charge on any atom is -0.503 e. The van der Waals surface area contributed by atoms with E-state index in [0.717, 1.165) is 35.6 Å². The predicted molar refractivity (Wildman–Crippen MR) is 125 cm³/mol. The van der Waals surface area contributed by atoms with Crippen LogP contribution in [0.1, 0.15) is 40.4 Å². The van der Waals surface area contributed by atoms with E-state index in [9.17, 15) is 31.9 Å². The van der Waals surface area contributed by atoms with E-state index >= 15 is 4.39 Å². The number of rotatable bonds is 7. The molecule has 9 nitrogen and oxygen atoms in total. The summed E-state index contributed by atoms with van der Waals surface area (Å²) in [6.45, 7) is 0.0470. The number of aromatic nitrogens is 2. The van der Waals surface area contributed by atoms with Gasteiger partial charge in [0.2, 0.25) is 0 Å². The SMILES string of the molecule is CS(=O)(=O)O[C@H]([C@H](c1cccc(F)c1)c1cccc(F)c1F)[C@H]1CCCN1C(=O)c1n[nH]cc(O)c1=O. The Bertz CT molecular complexity index is 1500. The predicted octanol–water partition coefficient (Wildman–Crippen LogP) is 2.67. The van der Waals surface area contributed by atoms with E-state index in [1.807, 2.05) is 0 Å². The fourth-order valence-electron chi connectivity index (χ4n) is 4.61. The second-order valence-electron chi connectivity index (χ2n) is 8.60. The molecule has 13 heteroatoms. The molecule has 0 saturated carbocycles. The number of aromatic amines is 1. The van der Waals surface area contributed by atoms with E-state index in [1.54, 1.807) is 0 Å². The zero-order valence-corrected chi connectivity index (χ0v) is 20.2. The van der Waals surface area contributed by atoms with Crippen molar-refractivity contribution in [2.45, 2.75) is 30.9 Å². The van der Waals surface area contributed by atoms with Crippen LogP contribution in [0.3, 0.4) is 0 Å². The maximum Gasteiger partial charge on any atom is 0.278 e. The van der Waals surface area contributed by atoms with Crippen molar-refractivity contribution in [2.75, 3.05) is 12.8 Å². The van der Waals surface area contributed by atoms with Gasteiger partial charge in [0.15, 0.2) is 23.1 Å². The molecule has 2 heterocycles. The molecule has 0 bridgehead atoms. The number of nitrogens with zero attached hydrogens (tertiary/aromatic N) is 2. The topological polar surface area (TPSA) is 130 Å². The Morgan fingerprint density at radius 2 is 1.95 bits per heavy atom. The molecular formula is C24H22F3N3O6S. The highest BCUT2D eigenvalue weighted by Crippen LogP contribution is 2.39. The summed E-state index contributed by atoms with van der Waals surface area (Å²) < 4.78 is 73.8. The first-order chi connectivity index (χ1) is 17.5. The Hall–Kier alpha value is -3.71. The molecule has 1 aliphatic heterocycles. The lowest BCUT2D eigenvalue weighted by molar-refractivity contribution is 0.0525. The van der Waals surface area contributed by atoms with Gasteiger partial charge in [0.25, 0.3) is 21.5 Å². The molecule has 0 aliphatic carbocycles. The lowest BCUT2D eigenvalue weighted by Crippen LogP contribution is -2.48. The molecule has 1 aromatic heterocycles. The van der Waals surface area contributed by atoms with Crippen molar-refractivity contribution in [1.82, 2.24) is 15.1 Å². The molecule has 1 fully saturated rings. The van der Waals surface area contributed by atoms with Crippen molar-refractivity contribution in [2.24, 2.45) is 0 Å². The van der Waals surface area contributed by atoms with Crippen molar-refractivity contribution < 1.29 is 35.7 Å². The van der Waals surface area contributed by atoms with Gasteiger partial charge in [-0.2, -0.15) is 13.5 Å². The summed E-state index contributed by atoms with van der Waals surface area (Å²) in [4.78, 5) is 26.8. The zero-order valence-electron chi connectivity index (χ0n) is 19.4. The molecule has 196 valence electrons. The molecule has 3 atom stereocenters. The summed E-state index contributed by atoms with van der Waals surface area (Å²) >= 11 is 0. The Labute approximate surface area is 209 Å². The van der Waals surface area contributed by atoms with Gasteiger partial charge in [0, 0.05) is 18.0 Å². The maximum atomic E-state index is 15.1. The van der Waals surface area contributed by atoms with E-state index in [-0.39, 0.29) is 24.1 Å². The summed E-state index contributed by atoms with van der Waals surface area (Å²) in [6.07, 6.45) is 0.607. The number of amides is 1. The van der Waals surface area contributed by atoms with E-state index in [1.165, 1.54) is 24.3 Å². The van der Waals surface area contributed by atoms with Crippen molar-refractivity contribution in [3.05, 3.63) is 93.2 Å². The number of aromatic hydroxyl groups is 1. The van der Waals surface area contributed by atoms with Crippen molar-refractivity contribution in [3.8, 4) is 5.75 Å².